The van der Waals surface area contributed by atoms with E-state index in [0.29, 0.717) is 18.7 Å². The lowest BCUT2D eigenvalue weighted by Crippen LogP contribution is -2.59. The Bertz CT molecular complexity index is 1980. The average molecular weight is 776 g/mol. The maximum absolute atomic E-state index is 14.4. The van der Waals surface area contributed by atoms with Crippen molar-refractivity contribution in [3.63, 3.8) is 0 Å². The number of nitrogens with zero attached hydrogens (tertiary/aromatic N) is 6. The molecule has 0 saturated carbocycles. The Morgan fingerprint density at radius 3 is 2.41 bits per heavy atom. The van der Waals surface area contributed by atoms with Crippen LogP contribution in [0.3, 0.4) is 0 Å². The number of aromatic nitrogens is 2. The van der Waals surface area contributed by atoms with Crippen LogP contribution in [0.4, 0.5) is 4.79 Å². The van der Waals surface area contributed by atoms with Crippen LogP contribution in [0.25, 0.3) is 10.6 Å². The van der Waals surface area contributed by atoms with Crippen LogP contribution in [-0.4, -0.2) is 105 Å². The highest BCUT2D eigenvalue weighted by Crippen LogP contribution is 2.30. The first-order valence-electron chi connectivity index (χ1n) is 17.9. The third-order valence-electron chi connectivity index (χ3n) is 9.10. The Hall–Kier alpha value is -4.70. The van der Waals surface area contributed by atoms with Crippen LogP contribution in [0, 0.1) is 11.3 Å². The van der Waals surface area contributed by atoms with Crippen LogP contribution in [0.15, 0.2) is 94.6 Å². The van der Waals surface area contributed by atoms with Crippen LogP contribution >= 0.6 is 11.3 Å². The fourth-order valence-corrected chi connectivity index (χ4v) is 8.98. The number of oxime groups is 1. The number of aliphatic hydroxyl groups is 1. The zero-order valence-electron chi connectivity index (χ0n) is 31.2. The molecule has 3 N–H and O–H groups in total. The number of rotatable bonds is 16. The normalized spacial score (nSPS) is 15.7. The first kappa shape index (κ1) is 40.5. The van der Waals surface area contributed by atoms with Crippen LogP contribution in [0.2, 0.25) is 0 Å². The first-order chi connectivity index (χ1) is 25.7. The van der Waals surface area contributed by atoms with E-state index in [0.717, 1.165) is 21.8 Å². The summed E-state index contributed by atoms with van der Waals surface area (Å²) in [7, 11) is -4.08. The number of thiazole rings is 1. The molecule has 1 aliphatic heterocycles. The minimum absolute atomic E-state index is 0.0185. The smallest absolute Gasteiger partial charge is 0.321 e. The number of aliphatic hydroxyl groups excluding tert-OH is 1. The van der Waals surface area contributed by atoms with E-state index in [2.05, 4.69) is 15.5 Å². The van der Waals surface area contributed by atoms with Crippen LogP contribution in [-0.2, 0) is 27.8 Å². The van der Waals surface area contributed by atoms with Gasteiger partial charge in [0.2, 0.25) is 15.9 Å². The van der Waals surface area contributed by atoms with Crippen molar-refractivity contribution in [2.75, 3.05) is 26.2 Å². The number of carbonyl (C=O) groups is 2. The molecule has 288 valence electrons. The summed E-state index contributed by atoms with van der Waals surface area (Å²) >= 11 is 1.48. The Labute approximate surface area is 321 Å². The van der Waals surface area contributed by atoms with E-state index in [1.807, 2.05) is 82.5 Å². The molecule has 1 saturated heterocycles. The zero-order chi connectivity index (χ0) is 39.0. The number of carbonyl (C=O) groups excluding carboxylic acids is 2. The van der Waals surface area contributed by atoms with Crippen molar-refractivity contribution in [1.29, 1.82) is 0 Å². The number of benzene rings is 2. The second-order valence-electron chi connectivity index (χ2n) is 15.0. The van der Waals surface area contributed by atoms with E-state index in [9.17, 15) is 23.1 Å². The molecule has 1 fully saturated rings. The molecule has 54 heavy (non-hydrogen) atoms. The van der Waals surface area contributed by atoms with E-state index < -0.39 is 39.5 Å². The molecule has 3 atom stereocenters. The van der Waals surface area contributed by atoms with Crippen molar-refractivity contribution in [2.24, 2.45) is 16.5 Å². The van der Waals surface area contributed by atoms with Crippen molar-refractivity contribution in [2.45, 2.75) is 70.7 Å². The highest BCUT2D eigenvalue weighted by molar-refractivity contribution is 7.89. The summed E-state index contributed by atoms with van der Waals surface area (Å²) < 4.78 is 29.1. The molecule has 4 aromatic rings. The lowest BCUT2D eigenvalue weighted by molar-refractivity contribution is -0.130. The quantitative estimate of drug-likeness (QED) is 0.0803. The minimum Gasteiger partial charge on any atom is -0.411 e. The zero-order valence-corrected chi connectivity index (χ0v) is 32.9. The fourth-order valence-electron chi connectivity index (χ4n) is 6.56. The van der Waals surface area contributed by atoms with Crippen molar-refractivity contribution in [3.8, 4) is 10.6 Å². The van der Waals surface area contributed by atoms with Gasteiger partial charge in [-0.25, -0.2) is 18.2 Å². The number of hydrogen-bond donors (Lipinski definition) is 3. The molecule has 3 amide bonds. The lowest BCUT2D eigenvalue weighted by atomic mass is 9.84. The van der Waals surface area contributed by atoms with Crippen molar-refractivity contribution >= 4 is 39.5 Å². The second-order valence-corrected chi connectivity index (χ2v) is 17.7. The van der Waals surface area contributed by atoms with Gasteiger partial charge in [-0.05, 0) is 53.1 Å². The van der Waals surface area contributed by atoms with Gasteiger partial charge in [-0.15, -0.1) is 11.3 Å². The molecule has 0 bridgehead atoms. The number of urea groups is 1. The number of amides is 3. The number of sulfonamides is 1. The van der Waals surface area contributed by atoms with Gasteiger partial charge in [-0.2, -0.15) is 4.31 Å². The topological polar surface area (TPSA) is 169 Å². The summed E-state index contributed by atoms with van der Waals surface area (Å²) in [5, 5.41) is 29.5. The van der Waals surface area contributed by atoms with E-state index in [-0.39, 0.29) is 42.9 Å². The summed E-state index contributed by atoms with van der Waals surface area (Å²) in [5.41, 5.74) is 2.31. The van der Waals surface area contributed by atoms with Gasteiger partial charge in [-0.3, -0.25) is 9.78 Å². The maximum Gasteiger partial charge on any atom is 0.321 e. The third-order valence-corrected chi connectivity index (χ3v) is 11.9. The van der Waals surface area contributed by atoms with Crippen molar-refractivity contribution in [3.05, 3.63) is 101 Å². The SMILES string of the molecule is CC(C)CN(C[C@@H](O)[C@H](Cc1ccccc1)NC(=O)[C@@H](N1CCN(Cc2csc(-c3cccnc3)n2)C1=O)C(C)(C)C)S(=O)(=O)c1ccc(/C=N/O)cc1. The summed E-state index contributed by atoms with van der Waals surface area (Å²) in [5.74, 6) is -0.514. The van der Waals surface area contributed by atoms with Crippen molar-refractivity contribution in [1.82, 2.24) is 29.4 Å². The van der Waals surface area contributed by atoms with Gasteiger partial charge in [0.05, 0.1) is 35.5 Å². The second kappa shape index (κ2) is 17.6. The fraction of sp³-hybridized carbons (Fsp3) is 0.410. The molecule has 2 aromatic heterocycles. The molecule has 15 heteroatoms. The first-order valence-corrected chi connectivity index (χ1v) is 20.2. The lowest BCUT2D eigenvalue weighted by Gasteiger charge is -2.38. The van der Waals surface area contributed by atoms with Gasteiger partial charge in [0.15, 0.2) is 0 Å². The van der Waals surface area contributed by atoms with Gasteiger partial charge in [0.1, 0.15) is 11.0 Å². The monoisotopic (exact) mass is 775 g/mol. The molecule has 0 aliphatic carbocycles. The van der Waals surface area contributed by atoms with E-state index in [1.54, 1.807) is 22.2 Å². The molecule has 0 unspecified atom stereocenters. The average Bonchev–Trinajstić information content (AvgIpc) is 3.74. The molecule has 1 aliphatic rings. The van der Waals surface area contributed by atoms with E-state index in [1.165, 1.54) is 46.1 Å². The predicted octanol–water partition coefficient (Wildman–Crippen LogP) is 5.10. The number of hydrogen-bond acceptors (Lipinski definition) is 10. The molecular formula is C39H49N7O6S2. The van der Waals surface area contributed by atoms with Gasteiger partial charge < -0.3 is 25.4 Å². The summed E-state index contributed by atoms with van der Waals surface area (Å²) in [6.07, 6.45) is 3.55. The minimum atomic E-state index is -4.08. The molecule has 13 nitrogen and oxygen atoms in total. The molecule has 2 aromatic carbocycles. The Morgan fingerprint density at radius 2 is 1.78 bits per heavy atom. The summed E-state index contributed by atoms with van der Waals surface area (Å²) in [6, 6.07) is 17.0. The Kier molecular flexibility index (Phi) is 13.2. The van der Waals surface area contributed by atoms with Crippen LogP contribution < -0.4 is 5.32 Å². The maximum atomic E-state index is 14.4. The Morgan fingerprint density at radius 1 is 1.06 bits per heavy atom. The van der Waals surface area contributed by atoms with E-state index in [4.69, 9.17) is 10.2 Å². The third kappa shape index (κ3) is 10.1. The summed E-state index contributed by atoms with van der Waals surface area (Å²) in [4.78, 5) is 40.5. The summed E-state index contributed by atoms with van der Waals surface area (Å²) in [6.45, 7) is 10.3. The number of pyridine rings is 1. The van der Waals surface area contributed by atoms with Gasteiger partial charge in [-0.1, -0.05) is 82.2 Å². The standard InChI is InChI=1S/C39H49N7O6S2/c1-27(2)23-45(54(51,52)32-15-13-29(14-16-32)21-41-50)25-34(47)33(20-28-10-7-6-8-11-28)43-36(48)35(39(3,4)5)46-19-18-44(38(46)49)24-31-26-53-37(42-31)30-12-9-17-40-22-30/h6-17,21-22,26-27,33-35,47,50H,18-20,23-25H2,1-5H3,(H,43,48)/b41-21+/t33-,34+,35+/m0/s1. The van der Waals surface area contributed by atoms with Gasteiger partial charge in [0.25, 0.3) is 0 Å². The van der Waals surface area contributed by atoms with Crippen LogP contribution in [0.5, 0.6) is 0 Å². The van der Waals surface area contributed by atoms with Crippen molar-refractivity contribution < 1.29 is 28.3 Å². The van der Waals surface area contributed by atoms with E-state index >= 15 is 0 Å². The highest BCUT2D eigenvalue weighted by atomic mass is 32.2. The van der Waals surface area contributed by atoms with Crippen LogP contribution in [0.1, 0.15) is 51.4 Å². The van der Waals surface area contributed by atoms with Gasteiger partial charge in [0, 0.05) is 49.5 Å². The Balaban J connectivity index is 1.36. The van der Waals surface area contributed by atoms with Gasteiger partial charge >= 0.3 is 6.03 Å². The highest BCUT2D eigenvalue weighted by Gasteiger charge is 2.44. The number of nitrogens with one attached hydrogen (secondary N) is 1. The molecule has 3 heterocycles. The molecular weight excluding hydrogens is 727 g/mol. The molecule has 0 spiro atoms. The predicted molar refractivity (Wildman–Crippen MR) is 209 cm³/mol. The molecule has 0 radical (unpaired) electrons. The largest absolute Gasteiger partial charge is 0.411 e. The molecule has 5 rings (SSSR count).